The predicted molar refractivity (Wildman–Crippen MR) is 108 cm³/mol. The molecule has 9 nitrogen and oxygen atoms in total. The van der Waals surface area contributed by atoms with Crippen molar-refractivity contribution in [1.29, 1.82) is 5.41 Å². The molecule has 4 unspecified atom stereocenters. The van der Waals surface area contributed by atoms with Crippen LogP contribution in [-0.2, 0) is 0 Å². The average molecular weight is 418 g/mol. The number of nitrogens with one attached hydrogen (secondary N) is 1. The second-order valence-electron chi connectivity index (χ2n) is 12.1. The molecule has 0 amide bonds. The van der Waals surface area contributed by atoms with E-state index in [-0.39, 0.29) is 15.8 Å². The predicted octanol–water partition coefficient (Wildman–Crippen LogP) is 2.92. The van der Waals surface area contributed by atoms with Crippen molar-refractivity contribution >= 4 is 5.96 Å². The van der Waals surface area contributed by atoms with Crippen molar-refractivity contribution in [3.8, 4) is 0 Å². The second kappa shape index (κ2) is 5.46. The van der Waals surface area contributed by atoms with Crippen LogP contribution in [0.15, 0.2) is 0 Å². The summed E-state index contributed by atoms with van der Waals surface area (Å²) in [5, 5.41) is 33.0. The maximum atomic E-state index is 12.2. The van der Waals surface area contributed by atoms with E-state index in [1.165, 1.54) is 0 Å². The molecule has 164 valence electrons. The summed E-state index contributed by atoms with van der Waals surface area (Å²) in [5.41, 5.74) is 3.52. The Hall–Kier alpha value is -1.93. The van der Waals surface area contributed by atoms with Gasteiger partial charge in [0.1, 0.15) is 0 Å². The van der Waals surface area contributed by atoms with Crippen molar-refractivity contribution < 1.29 is 9.85 Å². The van der Waals surface area contributed by atoms with E-state index in [2.05, 4.69) is 4.90 Å². The molecule has 0 spiro atoms. The number of hydrogen-bond acceptors (Lipinski definition) is 5. The van der Waals surface area contributed by atoms with Gasteiger partial charge >= 0.3 is 0 Å². The van der Waals surface area contributed by atoms with Gasteiger partial charge in [0.2, 0.25) is 11.1 Å². The molecule has 0 aromatic heterocycles. The summed E-state index contributed by atoms with van der Waals surface area (Å²) in [6.07, 6.45) is 8.93. The lowest BCUT2D eigenvalue weighted by Gasteiger charge is -2.69. The third-order valence-electron chi connectivity index (χ3n) is 9.96. The number of nitrogens with two attached hydrogens (primary N) is 1. The van der Waals surface area contributed by atoms with E-state index in [1.807, 2.05) is 0 Å². The highest BCUT2D eigenvalue weighted by molar-refractivity contribution is 5.77. The zero-order chi connectivity index (χ0) is 21.1. The minimum Gasteiger partial charge on any atom is -0.370 e. The lowest BCUT2D eigenvalue weighted by molar-refractivity contribution is -0.595. The molecule has 9 heteroatoms. The Balaban J connectivity index is 1.46. The van der Waals surface area contributed by atoms with Crippen molar-refractivity contribution in [3.63, 3.8) is 0 Å². The number of rotatable bonds is 4. The Morgan fingerprint density at radius 3 is 1.37 bits per heavy atom. The Morgan fingerprint density at radius 1 is 0.767 bits per heavy atom. The largest absolute Gasteiger partial charge is 0.370 e. The van der Waals surface area contributed by atoms with Gasteiger partial charge in [0.25, 0.3) is 0 Å². The lowest BCUT2D eigenvalue weighted by Crippen LogP contribution is -2.77. The summed E-state index contributed by atoms with van der Waals surface area (Å²) in [6.45, 7) is 0. The zero-order valence-electron chi connectivity index (χ0n) is 17.3. The molecular formula is C21H31N5O4. The van der Waals surface area contributed by atoms with Crippen molar-refractivity contribution in [1.82, 2.24) is 4.90 Å². The van der Waals surface area contributed by atoms with Crippen LogP contribution in [0.4, 0.5) is 0 Å². The normalized spacial score (nSPS) is 52.4. The molecule has 8 aliphatic rings. The second-order valence-corrected chi connectivity index (χ2v) is 12.1. The topological polar surface area (TPSA) is 139 Å². The first kappa shape index (κ1) is 18.8. The van der Waals surface area contributed by atoms with Crippen LogP contribution in [0.3, 0.4) is 0 Å². The van der Waals surface area contributed by atoms with Crippen LogP contribution in [0.1, 0.15) is 77.0 Å². The van der Waals surface area contributed by atoms with Gasteiger partial charge in [-0.1, -0.05) is 0 Å². The smallest absolute Gasteiger partial charge is 0.225 e. The molecule has 0 aliphatic heterocycles. The average Bonchev–Trinajstić information content (AvgIpc) is 2.58. The van der Waals surface area contributed by atoms with Gasteiger partial charge in [-0.3, -0.25) is 25.6 Å². The van der Waals surface area contributed by atoms with E-state index < -0.39 is 22.2 Å². The van der Waals surface area contributed by atoms with Crippen molar-refractivity contribution in [2.75, 3.05) is 0 Å². The van der Waals surface area contributed by atoms with Gasteiger partial charge in [0.05, 0.1) is 11.1 Å². The quantitative estimate of drug-likeness (QED) is 0.312. The highest BCUT2D eigenvalue weighted by Gasteiger charge is 2.72. The third kappa shape index (κ3) is 2.21. The highest BCUT2D eigenvalue weighted by atomic mass is 16.6. The fraction of sp³-hybridized carbons (Fsp3) is 0.952. The zero-order valence-corrected chi connectivity index (χ0v) is 17.3. The maximum absolute atomic E-state index is 12.2. The molecule has 0 heterocycles. The first-order chi connectivity index (χ1) is 14.1. The fourth-order valence-corrected chi connectivity index (χ4v) is 10.3. The van der Waals surface area contributed by atoms with E-state index in [4.69, 9.17) is 11.1 Å². The van der Waals surface area contributed by atoms with E-state index in [0.717, 1.165) is 38.5 Å². The molecule has 8 rings (SSSR count). The Labute approximate surface area is 175 Å². The molecule has 3 N–H and O–H groups in total. The number of guanidine groups is 1. The highest BCUT2D eigenvalue weighted by Crippen LogP contribution is 2.66. The molecular weight excluding hydrogens is 386 g/mol. The number of hydrogen-bond donors (Lipinski definition) is 2. The van der Waals surface area contributed by atoms with E-state index in [0.29, 0.717) is 62.2 Å². The van der Waals surface area contributed by atoms with Gasteiger partial charge in [0, 0.05) is 48.4 Å². The molecule has 0 aromatic carbocycles. The van der Waals surface area contributed by atoms with Crippen LogP contribution in [-0.4, -0.2) is 42.9 Å². The lowest BCUT2D eigenvalue weighted by atomic mass is 9.46. The van der Waals surface area contributed by atoms with Crippen LogP contribution in [0.5, 0.6) is 0 Å². The van der Waals surface area contributed by atoms with Gasteiger partial charge in [-0.2, -0.15) is 0 Å². The van der Waals surface area contributed by atoms with Gasteiger partial charge in [-0.05, 0) is 62.2 Å². The standard InChI is InChI=1S/C21H31N5O4/c22-17(23)24(18-3-13-1-14(4-18)8-20(7-13,11-18)25(27)28)19-5-15-2-16(6-19)10-21(9-15,12-19)26(29)30/h13-16H,1-12H2,(H3,22,23). The molecule has 8 bridgehead atoms. The summed E-state index contributed by atoms with van der Waals surface area (Å²) < 4.78 is 0. The molecule has 4 atom stereocenters. The monoisotopic (exact) mass is 417 g/mol. The van der Waals surface area contributed by atoms with Crippen molar-refractivity contribution in [2.24, 2.45) is 29.4 Å². The summed E-state index contributed by atoms with van der Waals surface area (Å²) >= 11 is 0. The van der Waals surface area contributed by atoms with E-state index >= 15 is 0 Å². The fourth-order valence-electron chi connectivity index (χ4n) is 10.3. The molecule has 0 radical (unpaired) electrons. The summed E-state index contributed by atoms with van der Waals surface area (Å²) in [5.74, 6) is 1.19. The summed E-state index contributed by atoms with van der Waals surface area (Å²) in [6, 6.07) is 0. The Kier molecular flexibility index (Phi) is 3.42. The Bertz CT molecular complexity index is 768. The van der Waals surface area contributed by atoms with Gasteiger partial charge in [-0.15, -0.1) is 0 Å². The van der Waals surface area contributed by atoms with Gasteiger partial charge < -0.3 is 10.6 Å². The number of nitro groups is 2. The van der Waals surface area contributed by atoms with Crippen LogP contribution in [0.25, 0.3) is 0 Å². The molecule has 0 aromatic rings. The van der Waals surface area contributed by atoms with E-state index in [1.54, 1.807) is 0 Å². The first-order valence-electron chi connectivity index (χ1n) is 11.5. The first-order valence-corrected chi connectivity index (χ1v) is 11.5. The van der Waals surface area contributed by atoms with Crippen LogP contribution in [0, 0.1) is 49.3 Å². The minimum atomic E-state index is -0.902. The molecule has 8 saturated carbocycles. The van der Waals surface area contributed by atoms with Crippen LogP contribution >= 0.6 is 0 Å². The number of nitrogens with zero attached hydrogens (tertiary/aromatic N) is 3. The van der Waals surface area contributed by atoms with Crippen molar-refractivity contribution in [3.05, 3.63) is 20.2 Å². The SMILES string of the molecule is N=C(N)N(C12CC3CC(C1)CC([N+](=O)[O-])(C3)C2)C12CC3CC(C1)CC([N+](=O)[O-])(C3)C2. The molecule has 0 saturated heterocycles. The summed E-state index contributed by atoms with van der Waals surface area (Å²) in [7, 11) is 0. The molecule has 8 aliphatic carbocycles. The Morgan fingerprint density at radius 2 is 1.10 bits per heavy atom. The van der Waals surface area contributed by atoms with Crippen molar-refractivity contribution in [2.45, 2.75) is 99.2 Å². The van der Waals surface area contributed by atoms with Gasteiger partial charge in [-0.25, -0.2) is 0 Å². The maximum Gasteiger partial charge on any atom is 0.225 e. The molecule has 8 fully saturated rings. The minimum absolute atomic E-state index is 0.0177. The van der Waals surface area contributed by atoms with Crippen LogP contribution in [0.2, 0.25) is 0 Å². The third-order valence-corrected chi connectivity index (χ3v) is 9.96. The van der Waals surface area contributed by atoms with Crippen LogP contribution < -0.4 is 5.73 Å². The van der Waals surface area contributed by atoms with E-state index in [9.17, 15) is 20.2 Å². The van der Waals surface area contributed by atoms with Gasteiger partial charge in [0.15, 0.2) is 5.96 Å². The summed E-state index contributed by atoms with van der Waals surface area (Å²) in [4.78, 5) is 26.3. The molecule has 30 heavy (non-hydrogen) atoms.